The van der Waals surface area contributed by atoms with Crippen LogP contribution in [0.2, 0.25) is 118 Å². The van der Waals surface area contributed by atoms with Crippen LogP contribution in [0.3, 0.4) is 0 Å². The largest absolute Gasteiger partial charge is 0.416 e. The molecule has 0 spiro atoms. The van der Waals surface area contributed by atoms with Gasteiger partial charge in [0.05, 0.1) is 0 Å². The van der Waals surface area contributed by atoms with Gasteiger partial charge in [-0.05, 0) is 118 Å². The molecule has 0 aromatic heterocycles. The number of hydrogen-bond acceptors (Lipinski definition) is 9. The molecule has 0 saturated carbocycles. The quantitative estimate of drug-likeness (QED) is 0.270. The fourth-order valence-corrected chi connectivity index (χ4v) is 53.0. The fraction of sp³-hybridized carbons (Fsp3) is 1.00. The molecule has 0 N–H and O–H groups in total. The molecule has 0 atom stereocenters. The van der Waals surface area contributed by atoms with Gasteiger partial charge in [-0.1, -0.05) is 0 Å². The summed E-state index contributed by atoms with van der Waals surface area (Å²) in [5.41, 5.74) is 0. The second kappa shape index (κ2) is 11.1. The fourth-order valence-electron chi connectivity index (χ4n) is 5.51. The minimum atomic E-state index is -2.26. The molecular formula is C18H54O9Si9. The van der Waals surface area contributed by atoms with E-state index in [1.165, 1.54) is 0 Å². The molecule has 0 unspecified atom stereocenters. The second-order valence-electron chi connectivity index (χ2n) is 13.5. The van der Waals surface area contributed by atoms with Crippen molar-refractivity contribution in [1.82, 2.24) is 0 Å². The van der Waals surface area contributed by atoms with Gasteiger partial charge in [0, 0.05) is 0 Å². The lowest BCUT2D eigenvalue weighted by Gasteiger charge is -2.46. The van der Waals surface area contributed by atoms with Crippen molar-refractivity contribution in [2.75, 3.05) is 0 Å². The van der Waals surface area contributed by atoms with Gasteiger partial charge in [-0.3, -0.25) is 0 Å². The lowest BCUT2D eigenvalue weighted by molar-refractivity contribution is 0.236. The Balaban J connectivity index is 0.000000369. The molecule has 0 aromatic rings. The van der Waals surface area contributed by atoms with E-state index in [4.69, 9.17) is 37.0 Å². The molecule has 2 rings (SSSR count). The van der Waals surface area contributed by atoms with Crippen molar-refractivity contribution in [2.24, 2.45) is 0 Å². The Labute approximate surface area is 231 Å². The monoisotopic (exact) mass is 666 g/mol. The summed E-state index contributed by atoms with van der Waals surface area (Å²) in [4.78, 5) is 0. The lowest BCUT2D eigenvalue weighted by atomic mass is 11.9. The molecule has 2 fully saturated rings. The molecule has 0 amide bonds. The zero-order valence-corrected chi connectivity index (χ0v) is 35.2. The predicted molar refractivity (Wildman–Crippen MR) is 167 cm³/mol. The Morgan fingerprint density at radius 1 is 0.167 bits per heavy atom. The first kappa shape index (κ1) is 35.6. The van der Waals surface area contributed by atoms with Crippen molar-refractivity contribution in [3.05, 3.63) is 0 Å². The van der Waals surface area contributed by atoms with Crippen LogP contribution in [0.1, 0.15) is 0 Å². The molecule has 0 aliphatic carbocycles. The normalized spacial score (nSPS) is 31.5. The van der Waals surface area contributed by atoms with E-state index in [1.807, 2.05) is 0 Å². The van der Waals surface area contributed by atoms with Gasteiger partial charge in [0.1, 0.15) is 0 Å². The number of hydrogen-bond donors (Lipinski definition) is 0. The third-order valence-electron chi connectivity index (χ3n) is 4.42. The van der Waals surface area contributed by atoms with Gasteiger partial charge in [-0.15, -0.1) is 0 Å². The highest BCUT2D eigenvalue weighted by Gasteiger charge is 2.52. The molecule has 2 saturated heterocycles. The molecule has 9 nitrogen and oxygen atoms in total. The summed E-state index contributed by atoms with van der Waals surface area (Å²) < 4.78 is 56.1. The van der Waals surface area contributed by atoms with Gasteiger partial charge in [0.15, 0.2) is 0 Å². The van der Waals surface area contributed by atoms with Crippen LogP contribution in [0, 0.1) is 0 Å². The average Bonchev–Trinajstić information content (AvgIpc) is 2.30. The first-order valence-electron chi connectivity index (χ1n) is 12.7. The van der Waals surface area contributed by atoms with E-state index in [0.717, 1.165) is 0 Å². The summed E-state index contributed by atoms with van der Waals surface area (Å²) in [5.74, 6) is 0. The van der Waals surface area contributed by atoms with Gasteiger partial charge < -0.3 is 37.0 Å². The first-order chi connectivity index (χ1) is 15.4. The van der Waals surface area contributed by atoms with Gasteiger partial charge >= 0.3 is 77.0 Å². The van der Waals surface area contributed by atoms with Gasteiger partial charge in [-0.25, -0.2) is 0 Å². The highest BCUT2D eigenvalue weighted by Crippen LogP contribution is 2.31. The third-order valence-corrected chi connectivity index (χ3v) is 39.8. The lowest BCUT2D eigenvalue weighted by Crippen LogP contribution is -2.64. The van der Waals surface area contributed by atoms with Crippen LogP contribution in [0.5, 0.6) is 0 Å². The average molecular weight is 667 g/mol. The second-order valence-corrected chi connectivity index (χ2v) is 46.1. The van der Waals surface area contributed by atoms with E-state index < -0.39 is 77.0 Å². The molecule has 216 valence electrons. The Kier molecular flexibility index (Phi) is 11.0. The molecule has 18 heteroatoms. The maximum atomic E-state index is 6.30. The van der Waals surface area contributed by atoms with Crippen LogP contribution in [-0.2, 0) is 37.0 Å². The maximum absolute atomic E-state index is 6.30. The first-order valence-corrected chi connectivity index (χ1v) is 38.0. The van der Waals surface area contributed by atoms with Crippen molar-refractivity contribution in [1.29, 1.82) is 0 Å². The van der Waals surface area contributed by atoms with Crippen molar-refractivity contribution < 1.29 is 37.0 Å². The molecule has 2 heterocycles. The molecule has 0 bridgehead atoms. The van der Waals surface area contributed by atoms with Crippen molar-refractivity contribution >= 4 is 77.0 Å². The van der Waals surface area contributed by atoms with Gasteiger partial charge in [0.2, 0.25) is 0 Å². The van der Waals surface area contributed by atoms with Gasteiger partial charge in [-0.2, -0.15) is 0 Å². The Hall–Kier alpha value is 1.59. The van der Waals surface area contributed by atoms with E-state index in [-0.39, 0.29) is 0 Å². The third kappa shape index (κ3) is 13.8. The predicted octanol–water partition coefficient (Wildman–Crippen LogP) is 6.47. The highest BCUT2D eigenvalue weighted by atomic mass is 28.5. The van der Waals surface area contributed by atoms with Crippen LogP contribution in [0.4, 0.5) is 0 Å². The smallest absolute Gasteiger partial charge is 0.314 e. The van der Waals surface area contributed by atoms with Crippen molar-refractivity contribution in [3.63, 3.8) is 0 Å². The van der Waals surface area contributed by atoms with Crippen LogP contribution in [-0.4, -0.2) is 77.0 Å². The van der Waals surface area contributed by atoms with Crippen LogP contribution < -0.4 is 0 Å². The molecule has 0 radical (unpaired) electrons. The van der Waals surface area contributed by atoms with Crippen LogP contribution in [0.25, 0.3) is 0 Å². The molecule has 2 aliphatic heterocycles. The summed E-state index contributed by atoms with van der Waals surface area (Å²) in [5, 5.41) is 0. The van der Waals surface area contributed by atoms with Crippen LogP contribution in [0.15, 0.2) is 0 Å². The minimum absolute atomic E-state index is 2.07. The van der Waals surface area contributed by atoms with E-state index in [2.05, 4.69) is 118 Å². The topological polar surface area (TPSA) is 83.1 Å². The van der Waals surface area contributed by atoms with E-state index in [1.54, 1.807) is 0 Å². The Morgan fingerprint density at radius 2 is 0.222 bits per heavy atom. The summed E-state index contributed by atoms with van der Waals surface area (Å²) in [6.45, 7) is 37.4. The van der Waals surface area contributed by atoms with E-state index in [0.29, 0.717) is 0 Å². The molecule has 2 aliphatic rings. The Morgan fingerprint density at radius 3 is 0.278 bits per heavy atom. The van der Waals surface area contributed by atoms with E-state index >= 15 is 0 Å². The summed E-state index contributed by atoms with van der Waals surface area (Å²) in [6, 6.07) is 0. The SMILES string of the molecule is C[Si]1(C)O[Si](C)(C)O[Si](C)(C)O[Si](C)(C)O1.C[Si]1(C)O[Si](C)(C)O[Si](C)(C)O[Si](C)(C)O[Si](C)(C)O1. The maximum Gasteiger partial charge on any atom is 0.314 e. The van der Waals surface area contributed by atoms with Crippen molar-refractivity contribution in [3.8, 4) is 0 Å². The zero-order chi connectivity index (χ0) is 28.9. The van der Waals surface area contributed by atoms with Crippen molar-refractivity contribution in [2.45, 2.75) is 118 Å². The minimum Gasteiger partial charge on any atom is -0.416 e. The molecular weight excluding hydrogens is 613 g/mol. The summed E-state index contributed by atoms with van der Waals surface area (Å²) >= 11 is 0. The number of rotatable bonds is 0. The Bertz CT molecular complexity index is 598. The van der Waals surface area contributed by atoms with E-state index in [9.17, 15) is 0 Å². The van der Waals surface area contributed by atoms with Gasteiger partial charge in [0.25, 0.3) is 0 Å². The zero-order valence-electron chi connectivity index (χ0n) is 26.2. The summed E-state index contributed by atoms with van der Waals surface area (Å²) in [6.07, 6.45) is 0. The highest BCUT2D eigenvalue weighted by molar-refractivity contribution is 6.94. The molecule has 0 aromatic carbocycles. The standard InChI is InChI=1S/C10H30O5Si5.C8H24O4Si4/c1-16(2)11-17(3,4)13-19(7,8)15-20(9,10)14-18(5,6)12-16;1-13(2)9-14(3,4)11-16(7,8)12-15(5,6)10-13/h1-10H3;1-8H3. The molecule has 36 heavy (non-hydrogen) atoms. The van der Waals surface area contributed by atoms with Crippen LogP contribution >= 0.6 is 0 Å². The summed E-state index contributed by atoms with van der Waals surface area (Å²) in [7, 11) is -19.7.